The molecule has 3 heterocycles. The lowest BCUT2D eigenvalue weighted by atomic mass is 9.90. The Hall–Kier alpha value is -6.45. The first-order valence-electron chi connectivity index (χ1n) is 17.3. The molecular formula is C47H33N3. The lowest BCUT2D eigenvalue weighted by Crippen LogP contribution is -2.28. The standard InChI is InChI=1S/C47H33N3/c1-4-15-32(16-5-1)35-30-42(33-17-6-2-7-18-33)48-46(31-35)50-44-26-13-11-22-39(44)41-29-34(27-28-45(41)50)37-23-14-24-40-38-21-10-12-25-43(38)49(47(37)40)36-19-8-3-9-20-36/h1-31,38,43H. The minimum Gasteiger partial charge on any atom is -0.333 e. The number of rotatable bonds is 5. The molecule has 50 heavy (non-hydrogen) atoms. The Labute approximate surface area is 291 Å². The van der Waals surface area contributed by atoms with Crippen LogP contribution in [0.4, 0.5) is 11.4 Å². The molecule has 0 spiro atoms. The number of benzene rings is 6. The molecule has 1 aliphatic carbocycles. The average molecular weight is 640 g/mol. The third kappa shape index (κ3) is 4.55. The fourth-order valence-electron chi connectivity index (χ4n) is 8.07. The van der Waals surface area contributed by atoms with Crippen molar-refractivity contribution in [3.63, 3.8) is 0 Å². The minimum atomic E-state index is 0.242. The van der Waals surface area contributed by atoms with Crippen LogP contribution in [0.15, 0.2) is 188 Å². The molecule has 0 fully saturated rings. The van der Waals surface area contributed by atoms with Crippen molar-refractivity contribution in [2.75, 3.05) is 4.90 Å². The zero-order valence-electron chi connectivity index (χ0n) is 27.4. The normalized spacial score (nSPS) is 16.2. The second kappa shape index (κ2) is 11.6. The summed E-state index contributed by atoms with van der Waals surface area (Å²) in [7, 11) is 0. The van der Waals surface area contributed by atoms with Gasteiger partial charge in [-0.2, -0.15) is 0 Å². The van der Waals surface area contributed by atoms with Gasteiger partial charge in [0.2, 0.25) is 0 Å². The van der Waals surface area contributed by atoms with Crippen LogP contribution in [0.3, 0.4) is 0 Å². The molecule has 2 aliphatic rings. The van der Waals surface area contributed by atoms with E-state index in [2.05, 4.69) is 198 Å². The summed E-state index contributed by atoms with van der Waals surface area (Å²) < 4.78 is 2.34. The van der Waals surface area contributed by atoms with E-state index >= 15 is 0 Å². The predicted octanol–water partition coefficient (Wildman–Crippen LogP) is 11.9. The number of hydrogen-bond acceptors (Lipinski definition) is 2. The second-order valence-electron chi connectivity index (χ2n) is 13.2. The molecule has 0 N–H and O–H groups in total. The van der Waals surface area contributed by atoms with Crippen molar-refractivity contribution in [3.8, 4) is 39.3 Å². The van der Waals surface area contributed by atoms with Gasteiger partial charge < -0.3 is 4.90 Å². The summed E-state index contributed by atoms with van der Waals surface area (Å²) in [6, 6.07) is 59.1. The van der Waals surface area contributed by atoms with Crippen LogP contribution in [0.25, 0.3) is 61.1 Å². The molecule has 0 saturated heterocycles. The fourth-order valence-corrected chi connectivity index (χ4v) is 8.07. The van der Waals surface area contributed by atoms with Gasteiger partial charge in [-0.15, -0.1) is 0 Å². The third-order valence-corrected chi connectivity index (χ3v) is 10.3. The van der Waals surface area contributed by atoms with E-state index in [1.165, 1.54) is 44.4 Å². The molecule has 3 nitrogen and oxygen atoms in total. The molecule has 2 aromatic heterocycles. The quantitative estimate of drug-likeness (QED) is 0.187. The van der Waals surface area contributed by atoms with E-state index in [0.717, 1.165) is 33.7 Å². The summed E-state index contributed by atoms with van der Waals surface area (Å²) in [6.07, 6.45) is 9.08. The van der Waals surface area contributed by atoms with Crippen LogP contribution < -0.4 is 4.90 Å². The van der Waals surface area contributed by atoms with Gasteiger partial charge in [-0.25, -0.2) is 4.98 Å². The van der Waals surface area contributed by atoms with Gasteiger partial charge in [-0.3, -0.25) is 4.57 Å². The number of pyridine rings is 1. The molecule has 2 atom stereocenters. The number of para-hydroxylation sites is 3. The number of allylic oxidation sites excluding steroid dienone is 2. The Bertz CT molecular complexity index is 2540. The van der Waals surface area contributed by atoms with Gasteiger partial charge in [-0.1, -0.05) is 146 Å². The van der Waals surface area contributed by atoms with Crippen molar-refractivity contribution >= 4 is 33.2 Å². The number of aromatic nitrogens is 2. The zero-order chi connectivity index (χ0) is 33.0. The number of fused-ring (bicyclic) bond motifs is 6. The summed E-state index contributed by atoms with van der Waals surface area (Å²) in [5.74, 6) is 1.21. The van der Waals surface area contributed by atoms with Gasteiger partial charge in [0, 0.05) is 33.5 Å². The molecule has 236 valence electrons. The molecule has 10 rings (SSSR count). The van der Waals surface area contributed by atoms with Crippen LogP contribution in [-0.4, -0.2) is 15.6 Å². The lowest BCUT2D eigenvalue weighted by Gasteiger charge is -2.29. The maximum Gasteiger partial charge on any atom is 0.138 e. The minimum absolute atomic E-state index is 0.242. The van der Waals surface area contributed by atoms with E-state index in [-0.39, 0.29) is 6.04 Å². The number of hydrogen-bond donors (Lipinski definition) is 0. The fraction of sp³-hybridized carbons (Fsp3) is 0.0426. The Balaban J connectivity index is 1.19. The van der Waals surface area contributed by atoms with E-state index < -0.39 is 0 Å². The first-order chi connectivity index (χ1) is 24.8. The van der Waals surface area contributed by atoms with Crippen molar-refractivity contribution in [1.82, 2.24) is 9.55 Å². The van der Waals surface area contributed by atoms with Crippen molar-refractivity contribution in [2.24, 2.45) is 0 Å². The second-order valence-corrected chi connectivity index (χ2v) is 13.2. The molecular weight excluding hydrogens is 607 g/mol. The topological polar surface area (TPSA) is 21.1 Å². The van der Waals surface area contributed by atoms with Crippen molar-refractivity contribution in [3.05, 3.63) is 194 Å². The van der Waals surface area contributed by atoms with Crippen LogP contribution in [0.1, 0.15) is 11.5 Å². The van der Waals surface area contributed by atoms with Crippen LogP contribution >= 0.6 is 0 Å². The monoisotopic (exact) mass is 639 g/mol. The van der Waals surface area contributed by atoms with Gasteiger partial charge in [0.15, 0.2) is 0 Å². The molecule has 8 aromatic rings. The molecule has 6 aromatic carbocycles. The summed E-state index contributed by atoms with van der Waals surface area (Å²) in [5.41, 5.74) is 13.0. The SMILES string of the molecule is C1=CC2c3cccc(-c4ccc5c(c4)c4ccccc4n5-c4cc(-c5ccccc5)cc(-c5ccccc5)n4)c3N(c3ccccc3)C2C=C1. The molecule has 0 radical (unpaired) electrons. The average Bonchev–Trinajstić information content (AvgIpc) is 3.71. The van der Waals surface area contributed by atoms with Crippen LogP contribution in [0, 0.1) is 0 Å². The van der Waals surface area contributed by atoms with Crippen LogP contribution in [-0.2, 0) is 0 Å². The Morgan fingerprint density at radius 3 is 2.00 bits per heavy atom. The Kier molecular flexibility index (Phi) is 6.63. The highest BCUT2D eigenvalue weighted by atomic mass is 15.2. The van der Waals surface area contributed by atoms with Crippen LogP contribution in [0.5, 0.6) is 0 Å². The van der Waals surface area contributed by atoms with Gasteiger partial charge >= 0.3 is 0 Å². The highest BCUT2D eigenvalue weighted by molar-refractivity contribution is 6.11. The summed E-state index contributed by atoms with van der Waals surface area (Å²) >= 11 is 0. The molecule has 0 bridgehead atoms. The molecule has 0 saturated carbocycles. The summed E-state index contributed by atoms with van der Waals surface area (Å²) in [4.78, 5) is 7.86. The van der Waals surface area contributed by atoms with Crippen molar-refractivity contribution in [2.45, 2.75) is 12.0 Å². The number of nitrogens with zero attached hydrogens (tertiary/aromatic N) is 3. The lowest BCUT2D eigenvalue weighted by molar-refractivity contribution is 0.745. The van der Waals surface area contributed by atoms with Crippen LogP contribution in [0.2, 0.25) is 0 Å². The largest absolute Gasteiger partial charge is 0.333 e. The van der Waals surface area contributed by atoms with E-state index in [1.54, 1.807) is 0 Å². The molecule has 3 heteroatoms. The summed E-state index contributed by atoms with van der Waals surface area (Å²) in [5, 5.41) is 2.43. The maximum absolute atomic E-state index is 5.33. The van der Waals surface area contributed by atoms with Gasteiger partial charge in [0.25, 0.3) is 0 Å². The zero-order valence-corrected chi connectivity index (χ0v) is 27.4. The molecule has 0 amide bonds. The predicted molar refractivity (Wildman–Crippen MR) is 208 cm³/mol. The molecule has 2 unspecified atom stereocenters. The summed E-state index contributed by atoms with van der Waals surface area (Å²) in [6.45, 7) is 0. The first kappa shape index (κ1) is 28.6. The number of anilines is 2. The van der Waals surface area contributed by atoms with Gasteiger partial charge in [0.1, 0.15) is 5.82 Å². The van der Waals surface area contributed by atoms with Gasteiger partial charge in [0.05, 0.1) is 28.5 Å². The Morgan fingerprint density at radius 1 is 0.480 bits per heavy atom. The Morgan fingerprint density at radius 2 is 1.18 bits per heavy atom. The van der Waals surface area contributed by atoms with Crippen molar-refractivity contribution < 1.29 is 0 Å². The maximum atomic E-state index is 5.33. The van der Waals surface area contributed by atoms with Gasteiger partial charge in [-0.05, 0) is 64.7 Å². The smallest absolute Gasteiger partial charge is 0.138 e. The van der Waals surface area contributed by atoms with E-state index in [0.29, 0.717) is 5.92 Å². The van der Waals surface area contributed by atoms with Crippen molar-refractivity contribution in [1.29, 1.82) is 0 Å². The first-order valence-corrected chi connectivity index (χ1v) is 17.3. The van der Waals surface area contributed by atoms with E-state index in [4.69, 9.17) is 4.98 Å². The highest BCUT2D eigenvalue weighted by Crippen LogP contribution is 2.52. The third-order valence-electron chi connectivity index (χ3n) is 10.3. The molecule has 1 aliphatic heterocycles. The highest BCUT2D eigenvalue weighted by Gasteiger charge is 2.39. The van der Waals surface area contributed by atoms with E-state index in [1.807, 2.05) is 0 Å². The van der Waals surface area contributed by atoms with E-state index in [9.17, 15) is 0 Å².